The summed E-state index contributed by atoms with van der Waals surface area (Å²) in [7, 11) is 1.87. The normalized spacial score (nSPS) is 23.1. The molecule has 0 bridgehead atoms. The molecule has 1 saturated heterocycles. The summed E-state index contributed by atoms with van der Waals surface area (Å²) in [5.41, 5.74) is 2.28. The van der Waals surface area contributed by atoms with Gasteiger partial charge in [-0.1, -0.05) is 18.2 Å². The van der Waals surface area contributed by atoms with E-state index < -0.39 is 0 Å². The minimum absolute atomic E-state index is 0.0590. The highest BCUT2D eigenvalue weighted by molar-refractivity contribution is 5.94. The van der Waals surface area contributed by atoms with Crippen LogP contribution in [0.15, 0.2) is 24.3 Å². The topological polar surface area (TPSA) is 43.9 Å². The zero-order chi connectivity index (χ0) is 16.6. The monoisotopic (exact) mass is 315 g/mol. The molecule has 23 heavy (non-hydrogen) atoms. The van der Waals surface area contributed by atoms with Crippen molar-refractivity contribution >= 4 is 17.6 Å². The predicted molar refractivity (Wildman–Crippen MR) is 90.5 cm³/mol. The molecule has 0 aromatic heterocycles. The molecule has 2 atom stereocenters. The van der Waals surface area contributed by atoms with Gasteiger partial charge in [0.05, 0.1) is 0 Å². The van der Waals surface area contributed by atoms with E-state index in [1.165, 1.54) is 5.56 Å². The summed E-state index contributed by atoms with van der Waals surface area (Å²) in [5, 5.41) is 0. The summed E-state index contributed by atoms with van der Waals surface area (Å²) < 4.78 is 0. The summed E-state index contributed by atoms with van der Waals surface area (Å²) in [5.74, 6) is 0.504. The van der Waals surface area contributed by atoms with Crippen LogP contribution < -0.4 is 4.90 Å². The molecular formula is C18H25N3O2. The first kappa shape index (κ1) is 15.8. The van der Waals surface area contributed by atoms with E-state index in [1.807, 2.05) is 39.9 Å². The van der Waals surface area contributed by atoms with Gasteiger partial charge in [-0.2, -0.15) is 0 Å². The summed E-state index contributed by atoms with van der Waals surface area (Å²) in [6, 6.07) is 8.39. The number of nitrogens with zero attached hydrogens (tertiary/aromatic N) is 3. The number of hydrogen-bond acceptors (Lipinski definition) is 2. The van der Waals surface area contributed by atoms with Crippen LogP contribution in [0, 0.1) is 5.92 Å². The average Bonchev–Trinajstić information content (AvgIpc) is 3.10. The van der Waals surface area contributed by atoms with E-state index in [4.69, 9.17) is 0 Å². The second-order valence-corrected chi connectivity index (χ2v) is 6.83. The van der Waals surface area contributed by atoms with Crippen LogP contribution in [0.25, 0.3) is 0 Å². The first-order chi connectivity index (χ1) is 11.0. The zero-order valence-electron chi connectivity index (χ0n) is 14.2. The van der Waals surface area contributed by atoms with Crippen molar-refractivity contribution in [3.63, 3.8) is 0 Å². The minimum Gasteiger partial charge on any atom is -0.343 e. The van der Waals surface area contributed by atoms with Gasteiger partial charge >= 0.3 is 6.03 Å². The minimum atomic E-state index is 0.0590. The molecule has 2 aliphatic heterocycles. The van der Waals surface area contributed by atoms with Gasteiger partial charge in [0.25, 0.3) is 0 Å². The van der Waals surface area contributed by atoms with Gasteiger partial charge < -0.3 is 9.80 Å². The average molecular weight is 315 g/mol. The van der Waals surface area contributed by atoms with Gasteiger partial charge in [0.1, 0.15) is 0 Å². The molecule has 2 aliphatic rings. The maximum atomic E-state index is 12.9. The second-order valence-electron chi connectivity index (χ2n) is 6.83. The van der Waals surface area contributed by atoms with Gasteiger partial charge in [-0.3, -0.25) is 9.69 Å². The quantitative estimate of drug-likeness (QED) is 0.841. The Kier molecular flexibility index (Phi) is 4.28. The number of hydrogen-bond donors (Lipinski definition) is 0. The Morgan fingerprint density at radius 3 is 2.74 bits per heavy atom. The smallest absolute Gasteiger partial charge is 0.324 e. The third-order valence-corrected chi connectivity index (χ3v) is 5.00. The van der Waals surface area contributed by atoms with E-state index in [0.29, 0.717) is 12.5 Å². The molecule has 1 aromatic rings. The highest BCUT2D eigenvalue weighted by Crippen LogP contribution is 2.32. The summed E-state index contributed by atoms with van der Waals surface area (Å²) in [4.78, 5) is 29.9. The Balaban J connectivity index is 1.65. The van der Waals surface area contributed by atoms with Crippen LogP contribution in [0.3, 0.4) is 0 Å². The molecule has 0 radical (unpaired) electrons. The summed E-state index contributed by atoms with van der Waals surface area (Å²) in [6.07, 6.45) is 1.89. The molecule has 2 heterocycles. The first-order valence-electron chi connectivity index (χ1n) is 8.35. The molecule has 1 fully saturated rings. The Morgan fingerprint density at radius 2 is 2.04 bits per heavy atom. The van der Waals surface area contributed by atoms with Crippen molar-refractivity contribution < 1.29 is 9.59 Å². The van der Waals surface area contributed by atoms with Crippen molar-refractivity contribution in [2.75, 3.05) is 31.6 Å². The lowest BCUT2D eigenvalue weighted by atomic mass is 10.1. The van der Waals surface area contributed by atoms with E-state index in [1.54, 1.807) is 6.92 Å². The molecule has 0 unspecified atom stereocenters. The molecule has 0 aliphatic carbocycles. The van der Waals surface area contributed by atoms with Gasteiger partial charge in [-0.15, -0.1) is 0 Å². The molecule has 0 spiro atoms. The molecule has 5 heteroatoms. The number of urea groups is 1. The van der Waals surface area contributed by atoms with E-state index in [2.05, 4.69) is 13.0 Å². The standard InChI is InChI=1S/C18H25N3O2/c1-13-10-16-6-4-5-7-17(16)21(13)18(23)19(3)11-15-8-9-20(12-15)14(2)22/h4-7,13,15H,8-12H2,1-3H3/t13-,15+/m1/s1. The van der Waals surface area contributed by atoms with Crippen LogP contribution in [0.1, 0.15) is 25.8 Å². The number of anilines is 1. The molecule has 5 nitrogen and oxygen atoms in total. The van der Waals surface area contributed by atoms with E-state index in [-0.39, 0.29) is 18.0 Å². The summed E-state index contributed by atoms with van der Waals surface area (Å²) >= 11 is 0. The number of carbonyl (C=O) groups excluding carboxylic acids is 2. The molecule has 0 N–H and O–H groups in total. The zero-order valence-corrected chi connectivity index (χ0v) is 14.2. The van der Waals surface area contributed by atoms with Crippen LogP contribution in [-0.2, 0) is 11.2 Å². The maximum Gasteiger partial charge on any atom is 0.324 e. The fourth-order valence-corrected chi connectivity index (χ4v) is 3.77. The Bertz CT molecular complexity index is 616. The Labute approximate surface area is 137 Å². The lowest BCUT2D eigenvalue weighted by Crippen LogP contribution is -2.46. The largest absolute Gasteiger partial charge is 0.343 e. The molecule has 124 valence electrons. The van der Waals surface area contributed by atoms with Gasteiger partial charge in [-0.25, -0.2) is 4.79 Å². The predicted octanol–water partition coefficient (Wildman–Crippen LogP) is 2.36. The van der Waals surface area contributed by atoms with Crippen molar-refractivity contribution in [1.29, 1.82) is 0 Å². The highest BCUT2D eigenvalue weighted by atomic mass is 16.2. The van der Waals surface area contributed by atoms with Crippen LogP contribution in [0.2, 0.25) is 0 Å². The highest BCUT2D eigenvalue weighted by Gasteiger charge is 2.34. The molecular weight excluding hydrogens is 290 g/mol. The van der Waals surface area contributed by atoms with E-state index >= 15 is 0 Å². The lowest BCUT2D eigenvalue weighted by Gasteiger charge is -2.30. The molecule has 3 amide bonds. The van der Waals surface area contributed by atoms with Crippen LogP contribution >= 0.6 is 0 Å². The fraction of sp³-hybridized carbons (Fsp3) is 0.556. The molecule has 1 aromatic carbocycles. The number of carbonyl (C=O) groups is 2. The Hall–Kier alpha value is -2.04. The van der Waals surface area contributed by atoms with Crippen molar-refractivity contribution in [2.45, 2.75) is 32.7 Å². The van der Waals surface area contributed by atoms with Crippen molar-refractivity contribution in [1.82, 2.24) is 9.80 Å². The molecule has 0 saturated carbocycles. The fourth-order valence-electron chi connectivity index (χ4n) is 3.77. The van der Waals surface area contributed by atoms with Gasteiger partial charge in [0.15, 0.2) is 0 Å². The first-order valence-corrected chi connectivity index (χ1v) is 8.35. The SMILES string of the molecule is CC(=O)N1CC[C@@H](CN(C)C(=O)N2c3ccccc3C[C@H]2C)C1. The van der Waals surface area contributed by atoms with Gasteiger partial charge in [-0.05, 0) is 37.3 Å². The maximum absolute atomic E-state index is 12.9. The van der Waals surface area contributed by atoms with Crippen molar-refractivity contribution in [2.24, 2.45) is 5.92 Å². The van der Waals surface area contributed by atoms with Crippen LogP contribution in [-0.4, -0.2) is 54.5 Å². The number of fused-ring (bicyclic) bond motifs is 1. The van der Waals surface area contributed by atoms with Crippen LogP contribution in [0.5, 0.6) is 0 Å². The number of rotatable bonds is 2. The number of benzene rings is 1. The summed E-state index contributed by atoms with van der Waals surface area (Å²) in [6.45, 7) is 5.98. The van der Waals surface area contributed by atoms with Crippen LogP contribution in [0.4, 0.5) is 10.5 Å². The van der Waals surface area contributed by atoms with Gasteiger partial charge in [0.2, 0.25) is 5.91 Å². The van der Waals surface area contributed by atoms with E-state index in [9.17, 15) is 9.59 Å². The van der Waals surface area contributed by atoms with Crippen molar-refractivity contribution in [3.05, 3.63) is 29.8 Å². The third kappa shape index (κ3) is 3.05. The Morgan fingerprint density at radius 1 is 1.30 bits per heavy atom. The van der Waals surface area contributed by atoms with Crippen molar-refractivity contribution in [3.8, 4) is 0 Å². The van der Waals surface area contributed by atoms with E-state index in [0.717, 1.165) is 31.6 Å². The van der Waals surface area contributed by atoms with Gasteiger partial charge in [0, 0.05) is 45.3 Å². The number of amides is 3. The number of para-hydroxylation sites is 1. The molecule has 3 rings (SSSR count). The second kappa shape index (κ2) is 6.22. The third-order valence-electron chi connectivity index (χ3n) is 5.00. The lowest BCUT2D eigenvalue weighted by molar-refractivity contribution is -0.127. The number of likely N-dealkylation sites (tertiary alicyclic amines) is 1.